The van der Waals surface area contributed by atoms with E-state index in [4.69, 9.17) is 12.2 Å². The summed E-state index contributed by atoms with van der Waals surface area (Å²) >= 11 is 5.75. The third-order valence-corrected chi connectivity index (χ3v) is 6.66. The molecule has 6 heteroatoms. The summed E-state index contributed by atoms with van der Waals surface area (Å²) in [6.45, 7) is 1.78. The number of hydrogen-bond acceptors (Lipinski definition) is 2. The highest BCUT2D eigenvalue weighted by Gasteiger charge is 2.41. The number of anilines is 1. The Labute approximate surface area is 181 Å². The van der Waals surface area contributed by atoms with Crippen LogP contribution in [0.15, 0.2) is 61.1 Å². The average molecular weight is 421 g/mol. The topological polar surface area (TPSA) is 33.1 Å². The zero-order chi connectivity index (χ0) is 20.7. The summed E-state index contributed by atoms with van der Waals surface area (Å²) in [5, 5.41) is 4.11. The maximum Gasteiger partial charge on any atom is 0.174 e. The van der Waals surface area contributed by atoms with Crippen LogP contribution in [-0.4, -0.2) is 14.7 Å². The van der Waals surface area contributed by atoms with Crippen molar-refractivity contribution in [1.29, 1.82) is 0 Å². The number of aromatic nitrogens is 2. The number of benzene rings is 1. The molecule has 2 fully saturated rings. The molecule has 5 rings (SSSR count). The molecule has 0 radical (unpaired) electrons. The third-order valence-electron chi connectivity index (χ3n) is 6.34. The standard InChI is InChI=1S/C24H25FN4S/c1-16-14-19(9-10-20(16)25)29-23(17-11-13-28(15-17)18-6-2-3-7-18)22(27-24(29)30)21-8-4-5-12-26-21/h4-5,8-15,18,22-23H,2-3,6-7H2,1H3,(H,27,30)/t22-,23+/m0/s1. The van der Waals surface area contributed by atoms with E-state index in [9.17, 15) is 4.39 Å². The van der Waals surface area contributed by atoms with Crippen molar-refractivity contribution in [2.45, 2.75) is 50.7 Å². The molecule has 1 aliphatic heterocycles. The van der Waals surface area contributed by atoms with E-state index in [1.54, 1.807) is 13.0 Å². The van der Waals surface area contributed by atoms with E-state index >= 15 is 0 Å². The number of nitrogens with zero attached hydrogens (tertiary/aromatic N) is 3. The van der Waals surface area contributed by atoms with Crippen LogP contribution in [0.4, 0.5) is 10.1 Å². The number of aryl methyl sites for hydroxylation is 1. The minimum absolute atomic E-state index is 0.0556. The molecule has 1 aliphatic carbocycles. The molecule has 1 N–H and O–H groups in total. The Morgan fingerprint density at radius 1 is 1.13 bits per heavy atom. The second-order valence-corrected chi connectivity index (χ2v) is 8.65. The van der Waals surface area contributed by atoms with Gasteiger partial charge in [-0.15, -0.1) is 0 Å². The lowest BCUT2D eigenvalue weighted by Gasteiger charge is -2.27. The molecule has 30 heavy (non-hydrogen) atoms. The van der Waals surface area contributed by atoms with Gasteiger partial charge in [-0.2, -0.15) is 0 Å². The zero-order valence-electron chi connectivity index (χ0n) is 17.0. The molecule has 154 valence electrons. The predicted octanol–water partition coefficient (Wildman–Crippen LogP) is 5.62. The van der Waals surface area contributed by atoms with Gasteiger partial charge >= 0.3 is 0 Å². The Bertz CT molecular complexity index is 1060. The number of hydrogen-bond donors (Lipinski definition) is 1. The third kappa shape index (κ3) is 3.39. The summed E-state index contributed by atoms with van der Waals surface area (Å²) < 4.78 is 16.3. The van der Waals surface area contributed by atoms with Gasteiger partial charge in [-0.05, 0) is 79.5 Å². The van der Waals surface area contributed by atoms with E-state index in [0.29, 0.717) is 16.7 Å². The molecule has 2 aromatic heterocycles. The Morgan fingerprint density at radius 3 is 2.70 bits per heavy atom. The van der Waals surface area contributed by atoms with Gasteiger partial charge in [0.25, 0.3) is 0 Å². The van der Waals surface area contributed by atoms with Crippen molar-refractivity contribution in [2.75, 3.05) is 4.90 Å². The number of rotatable bonds is 4. The van der Waals surface area contributed by atoms with Gasteiger partial charge in [-0.1, -0.05) is 18.9 Å². The van der Waals surface area contributed by atoms with Crippen LogP contribution in [0.2, 0.25) is 0 Å². The van der Waals surface area contributed by atoms with E-state index < -0.39 is 0 Å². The van der Waals surface area contributed by atoms with Crippen LogP contribution in [0, 0.1) is 12.7 Å². The first-order valence-electron chi connectivity index (χ1n) is 10.6. The SMILES string of the molecule is Cc1cc(N2C(=S)N[C@@H](c3ccccn3)[C@H]2c2ccn(C3CCCC3)c2)ccc1F. The molecule has 0 spiro atoms. The molecule has 0 unspecified atom stereocenters. The molecule has 2 aliphatic rings. The first-order valence-corrected chi connectivity index (χ1v) is 11.0. The normalized spacial score (nSPS) is 21.9. The van der Waals surface area contributed by atoms with Gasteiger partial charge in [0, 0.05) is 30.3 Å². The summed E-state index contributed by atoms with van der Waals surface area (Å²) in [7, 11) is 0. The maximum atomic E-state index is 13.9. The first kappa shape index (κ1) is 19.2. The van der Waals surface area contributed by atoms with Crippen molar-refractivity contribution >= 4 is 23.0 Å². The largest absolute Gasteiger partial charge is 0.351 e. The second-order valence-electron chi connectivity index (χ2n) is 8.26. The highest BCUT2D eigenvalue weighted by molar-refractivity contribution is 7.80. The Kier molecular flexibility index (Phi) is 5.03. The van der Waals surface area contributed by atoms with Crippen LogP contribution in [0.3, 0.4) is 0 Å². The molecule has 0 amide bonds. The van der Waals surface area contributed by atoms with Crippen LogP contribution in [0.5, 0.6) is 0 Å². The number of nitrogens with one attached hydrogen (secondary N) is 1. The minimum atomic E-state index is -0.206. The second kappa shape index (κ2) is 7.84. The van der Waals surface area contributed by atoms with Gasteiger partial charge in [0.15, 0.2) is 5.11 Å². The fraction of sp³-hybridized carbons (Fsp3) is 0.333. The number of halogens is 1. The first-order chi connectivity index (χ1) is 14.6. The molecule has 1 saturated carbocycles. The van der Waals surface area contributed by atoms with Gasteiger partial charge in [0.2, 0.25) is 0 Å². The fourth-order valence-electron chi connectivity index (χ4n) is 4.79. The Balaban J connectivity index is 1.58. The Morgan fingerprint density at radius 2 is 1.97 bits per heavy atom. The fourth-order valence-corrected chi connectivity index (χ4v) is 5.13. The van der Waals surface area contributed by atoms with Crippen molar-refractivity contribution in [2.24, 2.45) is 0 Å². The van der Waals surface area contributed by atoms with Crippen LogP contribution < -0.4 is 10.2 Å². The Hall–Kier alpha value is -2.73. The van der Waals surface area contributed by atoms with Gasteiger partial charge in [0.1, 0.15) is 5.82 Å². The molecule has 1 saturated heterocycles. The molecule has 4 nitrogen and oxygen atoms in total. The maximum absolute atomic E-state index is 13.9. The van der Waals surface area contributed by atoms with Crippen molar-refractivity contribution < 1.29 is 4.39 Å². The van der Waals surface area contributed by atoms with E-state index in [-0.39, 0.29) is 17.9 Å². The molecule has 0 bridgehead atoms. The van der Waals surface area contributed by atoms with Crippen LogP contribution in [-0.2, 0) is 0 Å². The van der Waals surface area contributed by atoms with Crippen molar-refractivity contribution in [3.8, 4) is 0 Å². The highest BCUT2D eigenvalue weighted by Crippen LogP contribution is 2.42. The minimum Gasteiger partial charge on any atom is -0.351 e. The van der Waals surface area contributed by atoms with Crippen molar-refractivity contribution in [3.63, 3.8) is 0 Å². The van der Waals surface area contributed by atoms with Gasteiger partial charge < -0.3 is 14.8 Å². The van der Waals surface area contributed by atoms with E-state index in [1.165, 1.54) is 37.3 Å². The number of pyridine rings is 1. The summed E-state index contributed by atoms with van der Waals surface area (Å²) in [6, 6.07) is 13.8. The summed E-state index contributed by atoms with van der Waals surface area (Å²) in [6.07, 6.45) is 11.3. The van der Waals surface area contributed by atoms with Crippen LogP contribution in [0.1, 0.15) is 60.6 Å². The lowest BCUT2D eigenvalue weighted by atomic mass is 9.98. The quantitative estimate of drug-likeness (QED) is 0.555. The number of thiocarbonyl (C=S) groups is 1. The van der Waals surface area contributed by atoms with E-state index in [2.05, 4.69) is 38.2 Å². The van der Waals surface area contributed by atoms with Crippen molar-refractivity contribution in [3.05, 3.63) is 83.7 Å². The van der Waals surface area contributed by atoms with Crippen LogP contribution in [0.25, 0.3) is 0 Å². The smallest absolute Gasteiger partial charge is 0.174 e. The van der Waals surface area contributed by atoms with Gasteiger partial charge in [0.05, 0.1) is 17.8 Å². The molecular weight excluding hydrogens is 395 g/mol. The van der Waals surface area contributed by atoms with Gasteiger partial charge in [-0.25, -0.2) is 4.39 Å². The lowest BCUT2D eigenvalue weighted by molar-refractivity contribution is 0.515. The van der Waals surface area contributed by atoms with E-state index in [1.807, 2.05) is 30.5 Å². The van der Waals surface area contributed by atoms with E-state index in [0.717, 1.165) is 11.4 Å². The lowest BCUT2D eigenvalue weighted by Crippen LogP contribution is -2.29. The average Bonchev–Trinajstić information content (AvgIpc) is 3.50. The predicted molar refractivity (Wildman–Crippen MR) is 121 cm³/mol. The van der Waals surface area contributed by atoms with Crippen molar-refractivity contribution in [1.82, 2.24) is 14.9 Å². The molecule has 3 aromatic rings. The summed E-state index contributed by atoms with van der Waals surface area (Å²) in [4.78, 5) is 6.71. The summed E-state index contributed by atoms with van der Waals surface area (Å²) in [5.74, 6) is -0.206. The molecule has 2 atom stereocenters. The van der Waals surface area contributed by atoms with Gasteiger partial charge in [-0.3, -0.25) is 4.98 Å². The zero-order valence-corrected chi connectivity index (χ0v) is 17.8. The van der Waals surface area contributed by atoms with Crippen LogP contribution >= 0.6 is 12.2 Å². The monoisotopic (exact) mass is 420 g/mol. The summed E-state index contributed by atoms with van der Waals surface area (Å²) in [5.41, 5.74) is 3.63. The molecular formula is C24H25FN4S. The molecule has 3 heterocycles. The molecule has 1 aromatic carbocycles. The highest BCUT2D eigenvalue weighted by atomic mass is 32.1.